The van der Waals surface area contributed by atoms with Crippen LogP contribution in [-0.4, -0.2) is 16.8 Å². The van der Waals surface area contributed by atoms with Crippen molar-refractivity contribution >= 4 is 11.5 Å². The second-order valence-electron chi connectivity index (χ2n) is 4.61. The highest BCUT2D eigenvalue weighted by atomic mass is 19.1. The molecule has 0 saturated carbocycles. The quantitative estimate of drug-likeness (QED) is 0.920. The van der Waals surface area contributed by atoms with Gasteiger partial charge < -0.3 is 10.6 Å². The molecule has 0 saturated heterocycles. The van der Waals surface area contributed by atoms with E-state index in [0.29, 0.717) is 17.8 Å². The van der Waals surface area contributed by atoms with Gasteiger partial charge in [-0.05, 0) is 12.5 Å². The largest absolute Gasteiger partial charge is 0.394 e. The van der Waals surface area contributed by atoms with Crippen molar-refractivity contribution in [1.82, 2.24) is 9.78 Å². The van der Waals surface area contributed by atoms with Gasteiger partial charge in [-0.25, -0.2) is 4.39 Å². The lowest BCUT2D eigenvalue weighted by Gasteiger charge is -2.20. The minimum absolute atomic E-state index is 0.203. The Labute approximate surface area is 112 Å². The standard InChI is InChI=1S/C14H19FN4/c1-4-12-13(16)14(19(3)17-12)18(2)9-10-7-5-6-8-11(10)15/h5-8H,4,9,16H2,1-3H3. The molecule has 2 N–H and O–H groups in total. The lowest BCUT2D eigenvalue weighted by atomic mass is 10.2. The highest BCUT2D eigenvalue weighted by Crippen LogP contribution is 2.26. The number of aryl methyl sites for hydroxylation is 2. The number of nitrogens with two attached hydrogens (primary N) is 1. The molecule has 1 aromatic heterocycles. The molecule has 4 nitrogen and oxygen atoms in total. The van der Waals surface area contributed by atoms with Gasteiger partial charge in [0.15, 0.2) is 0 Å². The summed E-state index contributed by atoms with van der Waals surface area (Å²) in [7, 11) is 3.74. The molecule has 0 aliphatic carbocycles. The van der Waals surface area contributed by atoms with Crippen LogP contribution in [-0.2, 0) is 20.0 Å². The lowest BCUT2D eigenvalue weighted by molar-refractivity contribution is 0.605. The summed E-state index contributed by atoms with van der Waals surface area (Å²) in [6.07, 6.45) is 0.785. The SMILES string of the molecule is CCc1nn(C)c(N(C)Cc2ccccc2F)c1N. The molecule has 0 radical (unpaired) electrons. The zero-order valence-corrected chi connectivity index (χ0v) is 11.5. The number of hydrogen-bond donors (Lipinski definition) is 1. The maximum absolute atomic E-state index is 13.7. The fourth-order valence-corrected chi connectivity index (χ4v) is 2.26. The number of nitrogens with zero attached hydrogens (tertiary/aromatic N) is 3. The van der Waals surface area contributed by atoms with Gasteiger partial charge in [-0.15, -0.1) is 0 Å². The summed E-state index contributed by atoms with van der Waals surface area (Å²) in [5.41, 5.74) is 8.27. The summed E-state index contributed by atoms with van der Waals surface area (Å²) in [5.74, 6) is 0.617. The van der Waals surface area contributed by atoms with Gasteiger partial charge >= 0.3 is 0 Å². The number of hydrogen-bond acceptors (Lipinski definition) is 3. The molecule has 0 fully saturated rings. The van der Waals surface area contributed by atoms with Gasteiger partial charge in [0.05, 0.1) is 11.4 Å². The predicted molar refractivity (Wildman–Crippen MR) is 75.5 cm³/mol. The third kappa shape index (κ3) is 2.54. The van der Waals surface area contributed by atoms with Crippen LogP contribution >= 0.6 is 0 Å². The summed E-state index contributed by atoms with van der Waals surface area (Å²) in [6, 6.07) is 6.76. The molecule has 0 atom stereocenters. The number of anilines is 2. The first-order valence-electron chi connectivity index (χ1n) is 6.30. The normalized spacial score (nSPS) is 10.7. The van der Waals surface area contributed by atoms with Crippen LogP contribution in [0.5, 0.6) is 0 Å². The molecular formula is C14H19FN4. The van der Waals surface area contributed by atoms with Gasteiger partial charge in [0.25, 0.3) is 0 Å². The average molecular weight is 262 g/mol. The molecule has 102 valence electrons. The molecule has 0 aliphatic heterocycles. The molecule has 0 bridgehead atoms. The van der Waals surface area contributed by atoms with Crippen molar-refractivity contribution in [3.8, 4) is 0 Å². The van der Waals surface area contributed by atoms with Crippen molar-refractivity contribution in [2.45, 2.75) is 19.9 Å². The average Bonchev–Trinajstić information content (AvgIpc) is 2.67. The van der Waals surface area contributed by atoms with E-state index in [1.165, 1.54) is 6.07 Å². The van der Waals surface area contributed by atoms with Crippen LogP contribution in [0.15, 0.2) is 24.3 Å². The van der Waals surface area contributed by atoms with Gasteiger partial charge in [-0.2, -0.15) is 5.10 Å². The number of halogens is 1. The Balaban J connectivity index is 2.28. The fraction of sp³-hybridized carbons (Fsp3) is 0.357. The van der Waals surface area contributed by atoms with Crippen LogP contribution < -0.4 is 10.6 Å². The van der Waals surface area contributed by atoms with E-state index in [2.05, 4.69) is 5.10 Å². The summed E-state index contributed by atoms with van der Waals surface area (Å²) in [4.78, 5) is 1.92. The first-order chi connectivity index (χ1) is 9.04. The molecule has 19 heavy (non-hydrogen) atoms. The van der Waals surface area contributed by atoms with Crippen molar-refractivity contribution in [2.24, 2.45) is 7.05 Å². The Morgan fingerprint density at radius 3 is 2.63 bits per heavy atom. The van der Waals surface area contributed by atoms with E-state index >= 15 is 0 Å². The molecular weight excluding hydrogens is 243 g/mol. The summed E-state index contributed by atoms with van der Waals surface area (Å²) in [5, 5.41) is 4.37. The Bertz CT molecular complexity index is 577. The minimum atomic E-state index is -0.203. The highest BCUT2D eigenvalue weighted by Gasteiger charge is 2.16. The maximum atomic E-state index is 13.7. The second kappa shape index (κ2) is 5.30. The maximum Gasteiger partial charge on any atom is 0.150 e. The van der Waals surface area contributed by atoms with E-state index in [-0.39, 0.29) is 5.82 Å². The molecule has 2 aromatic rings. The predicted octanol–water partition coefficient (Wildman–Crippen LogP) is 2.34. The number of nitrogen functional groups attached to an aromatic ring is 1. The number of aromatic nitrogens is 2. The first kappa shape index (κ1) is 13.4. The van der Waals surface area contributed by atoms with Crippen LogP contribution in [0.4, 0.5) is 15.9 Å². The lowest BCUT2D eigenvalue weighted by Crippen LogP contribution is -2.21. The van der Waals surface area contributed by atoms with Crippen molar-refractivity contribution in [2.75, 3.05) is 17.7 Å². The topological polar surface area (TPSA) is 47.1 Å². The number of benzene rings is 1. The minimum Gasteiger partial charge on any atom is -0.394 e. The van der Waals surface area contributed by atoms with E-state index < -0.39 is 0 Å². The Kier molecular flexibility index (Phi) is 3.74. The van der Waals surface area contributed by atoms with E-state index in [9.17, 15) is 4.39 Å². The third-order valence-corrected chi connectivity index (χ3v) is 3.19. The third-order valence-electron chi connectivity index (χ3n) is 3.19. The highest BCUT2D eigenvalue weighted by molar-refractivity contribution is 5.66. The van der Waals surface area contributed by atoms with Crippen LogP contribution in [0.2, 0.25) is 0 Å². The van der Waals surface area contributed by atoms with Gasteiger partial charge in [0.2, 0.25) is 0 Å². The van der Waals surface area contributed by atoms with E-state index in [1.807, 2.05) is 32.0 Å². The van der Waals surface area contributed by atoms with E-state index in [1.54, 1.807) is 16.8 Å². The van der Waals surface area contributed by atoms with Crippen molar-refractivity contribution in [3.05, 3.63) is 41.3 Å². The Morgan fingerprint density at radius 2 is 2.05 bits per heavy atom. The summed E-state index contributed by atoms with van der Waals surface area (Å²) < 4.78 is 15.4. The van der Waals surface area contributed by atoms with E-state index in [0.717, 1.165) is 17.9 Å². The van der Waals surface area contributed by atoms with Gasteiger partial charge in [0.1, 0.15) is 11.6 Å². The molecule has 0 spiro atoms. The zero-order chi connectivity index (χ0) is 14.0. The molecule has 5 heteroatoms. The molecule has 1 heterocycles. The molecule has 0 amide bonds. The molecule has 0 aliphatic rings. The van der Waals surface area contributed by atoms with Crippen LogP contribution in [0.1, 0.15) is 18.2 Å². The van der Waals surface area contributed by atoms with Crippen molar-refractivity contribution in [1.29, 1.82) is 0 Å². The summed E-state index contributed by atoms with van der Waals surface area (Å²) >= 11 is 0. The molecule has 0 unspecified atom stereocenters. The van der Waals surface area contributed by atoms with Crippen LogP contribution in [0.25, 0.3) is 0 Å². The molecule has 2 rings (SSSR count). The van der Waals surface area contributed by atoms with Crippen LogP contribution in [0.3, 0.4) is 0 Å². The van der Waals surface area contributed by atoms with Gasteiger partial charge in [-0.1, -0.05) is 25.1 Å². The van der Waals surface area contributed by atoms with E-state index in [4.69, 9.17) is 5.73 Å². The second-order valence-corrected chi connectivity index (χ2v) is 4.61. The van der Waals surface area contributed by atoms with Gasteiger partial charge in [0, 0.05) is 26.2 Å². The number of rotatable bonds is 4. The van der Waals surface area contributed by atoms with Gasteiger partial charge in [-0.3, -0.25) is 4.68 Å². The first-order valence-corrected chi connectivity index (χ1v) is 6.30. The zero-order valence-electron chi connectivity index (χ0n) is 11.5. The fourth-order valence-electron chi connectivity index (χ4n) is 2.26. The van der Waals surface area contributed by atoms with Crippen molar-refractivity contribution < 1.29 is 4.39 Å². The smallest absolute Gasteiger partial charge is 0.150 e. The van der Waals surface area contributed by atoms with Crippen LogP contribution in [0, 0.1) is 5.82 Å². The molecule has 1 aromatic carbocycles. The summed E-state index contributed by atoms with van der Waals surface area (Å²) in [6.45, 7) is 2.47. The Hall–Kier alpha value is -2.04. The monoisotopic (exact) mass is 262 g/mol. The Morgan fingerprint density at radius 1 is 1.37 bits per heavy atom. The van der Waals surface area contributed by atoms with Crippen molar-refractivity contribution in [3.63, 3.8) is 0 Å².